The van der Waals surface area contributed by atoms with Gasteiger partial charge in [0.1, 0.15) is 5.75 Å². The summed E-state index contributed by atoms with van der Waals surface area (Å²) in [5.74, 6) is 1.06. The zero-order valence-electron chi connectivity index (χ0n) is 15.6. The van der Waals surface area contributed by atoms with Crippen molar-refractivity contribution in [3.05, 3.63) is 47.5 Å². The highest BCUT2D eigenvalue weighted by Gasteiger charge is 2.13. The summed E-state index contributed by atoms with van der Waals surface area (Å²) >= 11 is 7.21. The number of carbonyl (C=O) groups excluding carboxylic acids is 1. The Bertz CT molecular complexity index is 960. The van der Waals surface area contributed by atoms with Crippen molar-refractivity contribution < 1.29 is 13.9 Å². The fraction of sp³-hybridized carbons (Fsp3) is 0.211. The number of hydrogen-bond donors (Lipinski definition) is 1. The lowest BCUT2D eigenvalue weighted by Crippen LogP contribution is -2.18. The van der Waals surface area contributed by atoms with Gasteiger partial charge in [-0.25, -0.2) is 0 Å². The minimum Gasteiger partial charge on any atom is -0.497 e. The molecule has 0 spiro atoms. The SMILES string of the molecule is COc1ccc(-c2nnc(SCC(=O)Nc3cc(Cl)ccc3N(C)C)o2)cc1. The van der Waals surface area contributed by atoms with Crippen molar-refractivity contribution >= 4 is 40.6 Å². The van der Waals surface area contributed by atoms with E-state index in [9.17, 15) is 4.79 Å². The lowest BCUT2D eigenvalue weighted by molar-refractivity contribution is -0.113. The standard InChI is InChI=1S/C19H19ClN4O3S/c1-24(2)16-9-6-13(20)10-15(16)21-17(25)11-28-19-23-22-18(27-19)12-4-7-14(26-3)8-5-12/h4-10H,11H2,1-3H3,(H,21,25). The fourth-order valence-electron chi connectivity index (χ4n) is 2.43. The Kier molecular flexibility index (Phi) is 6.43. The van der Waals surface area contributed by atoms with Crippen molar-refractivity contribution in [2.24, 2.45) is 0 Å². The number of amides is 1. The molecule has 0 fully saturated rings. The van der Waals surface area contributed by atoms with Gasteiger partial charge in [-0.2, -0.15) is 0 Å². The molecule has 0 aliphatic rings. The molecule has 0 aliphatic carbocycles. The zero-order valence-corrected chi connectivity index (χ0v) is 17.2. The first-order valence-corrected chi connectivity index (χ1v) is 9.70. The molecule has 0 bridgehead atoms. The van der Waals surface area contributed by atoms with Crippen LogP contribution in [0.25, 0.3) is 11.5 Å². The lowest BCUT2D eigenvalue weighted by atomic mass is 10.2. The summed E-state index contributed by atoms with van der Waals surface area (Å²) in [5, 5.41) is 11.7. The zero-order chi connectivity index (χ0) is 20.1. The van der Waals surface area contributed by atoms with Crippen LogP contribution in [0.4, 0.5) is 11.4 Å². The van der Waals surface area contributed by atoms with E-state index in [1.54, 1.807) is 19.2 Å². The first-order chi connectivity index (χ1) is 13.5. The molecule has 3 aromatic rings. The maximum atomic E-state index is 12.3. The summed E-state index contributed by atoms with van der Waals surface area (Å²) in [4.78, 5) is 14.2. The fourth-order valence-corrected chi connectivity index (χ4v) is 3.17. The van der Waals surface area contributed by atoms with E-state index in [0.29, 0.717) is 21.8 Å². The maximum Gasteiger partial charge on any atom is 0.277 e. The molecule has 1 amide bonds. The summed E-state index contributed by atoms with van der Waals surface area (Å²) in [6.07, 6.45) is 0. The van der Waals surface area contributed by atoms with Gasteiger partial charge >= 0.3 is 0 Å². The van der Waals surface area contributed by atoms with Gasteiger partial charge in [0.05, 0.1) is 24.2 Å². The van der Waals surface area contributed by atoms with Crippen LogP contribution in [-0.2, 0) is 4.79 Å². The highest BCUT2D eigenvalue weighted by molar-refractivity contribution is 7.99. The van der Waals surface area contributed by atoms with Gasteiger partial charge in [0.15, 0.2) is 0 Å². The number of nitrogens with one attached hydrogen (secondary N) is 1. The Morgan fingerprint density at radius 1 is 1.21 bits per heavy atom. The molecule has 3 rings (SSSR count). The van der Waals surface area contributed by atoms with E-state index in [0.717, 1.165) is 17.0 Å². The first-order valence-electron chi connectivity index (χ1n) is 8.33. The molecular formula is C19H19ClN4O3S. The van der Waals surface area contributed by atoms with Gasteiger partial charge in [-0.1, -0.05) is 23.4 Å². The van der Waals surface area contributed by atoms with Crippen molar-refractivity contribution in [1.82, 2.24) is 10.2 Å². The molecule has 0 saturated heterocycles. The number of thioether (sulfide) groups is 1. The summed E-state index contributed by atoms with van der Waals surface area (Å²) in [6.45, 7) is 0. The van der Waals surface area contributed by atoms with E-state index in [1.807, 2.05) is 49.3 Å². The molecule has 9 heteroatoms. The molecule has 1 aromatic heterocycles. The number of aromatic nitrogens is 2. The van der Waals surface area contributed by atoms with Crippen molar-refractivity contribution in [3.63, 3.8) is 0 Å². The molecule has 0 aliphatic heterocycles. The Labute approximate surface area is 172 Å². The smallest absolute Gasteiger partial charge is 0.277 e. The number of anilines is 2. The number of benzene rings is 2. The van der Waals surface area contributed by atoms with Crippen LogP contribution in [0.3, 0.4) is 0 Å². The summed E-state index contributed by atoms with van der Waals surface area (Å²) in [7, 11) is 5.39. The molecule has 0 unspecified atom stereocenters. The largest absolute Gasteiger partial charge is 0.497 e. The van der Waals surface area contributed by atoms with Gasteiger partial charge in [0.25, 0.3) is 5.22 Å². The molecule has 0 saturated carbocycles. The van der Waals surface area contributed by atoms with Crippen LogP contribution in [0.5, 0.6) is 5.75 Å². The van der Waals surface area contributed by atoms with E-state index in [1.165, 1.54) is 11.8 Å². The van der Waals surface area contributed by atoms with Crippen LogP contribution >= 0.6 is 23.4 Å². The minimum atomic E-state index is -0.195. The number of carbonyl (C=O) groups is 1. The van der Waals surface area contributed by atoms with Gasteiger partial charge < -0.3 is 19.4 Å². The highest BCUT2D eigenvalue weighted by atomic mass is 35.5. The molecule has 0 atom stereocenters. The molecule has 1 heterocycles. The van der Waals surface area contributed by atoms with Crippen molar-refractivity contribution in [2.45, 2.75) is 5.22 Å². The predicted molar refractivity (Wildman–Crippen MR) is 111 cm³/mol. The predicted octanol–water partition coefficient (Wildman–Crippen LogP) is 4.20. The van der Waals surface area contributed by atoms with Crippen molar-refractivity contribution in [2.75, 3.05) is 37.2 Å². The second-order valence-corrected chi connectivity index (χ2v) is 7.36. The van der Waals surface area contributed by atoms with Crippen LogP contribution < -0.4 is 15.0 Å². The molecule has 28 heavy (non-hydrogen) atoms. The monoisotopic (exact) mass is 418 g/mol. The number of ether oxygens (including phenoxy) is 1. The van der Waals surface area contributed by atoms with E-state index >= 15 is 0 Å². The molecule has 2 aromatic carbocycles. The van der Waals surface area contributed by atoms with E-state index in [4.69, 9.17) is 20.8 Å². The molecule has 1 N–H and O–H groups in total. The van der Waals surface area contributed by atoms with E-state index in [2.05, 4.69) is 15.5 Å². The topological polar surface area (TPSA) is 80.5 Å². The molecule has 146 valence electrons. The van der Waals surface area contributed by atoms with Crippen LogP contribution in [0, 0.1) is 0 Å². The molecular weight excluding hydrogens is 400 g/mol. The summed E-state index contributed by atoms with van der Waals surface area (Å²) in [5.41, 5.74) is 2.29. The van der Waals surface area contributed by atoms with Crippen LogP contribution in [0.1, 0.15) is 0 Å². The Morgan fingerprint density at radius 3 is 2.64 bits per heavy atom. The number of methoxy groups -OCH3 is 1. The highest BCUT2D eigenvalue weighted by Crippen LogP contribution is 2.29. The number of rotatable bonds is 7. The normalized spacial score (nSPS) is 10.6. The van der Waals surface area contributed by atoms with Crippen molar-refractivity contribution in [3.8, 4) is 17.2 Å². The number of hydrogen-bond acceptors (Lipinski definition) is 7. The number of halogens is 1. The van der Waals surface area contributed by atoms with Gasteiger partial charge in [-0.05, 0) is 42.5 Å². The van der Waals surface area contributed by atoms with Crippen molar-refractivity contribution in [1.29, 1.82) is 0 Å². The number of nitrogens with zero attached hydrogens (tertiary/aromatic N) is 3. The third kappa shape index (κ3) is 4.96. The summed E-state index contributed by atoms with van der Waals surface area (Å²) < 4.78 is 10.7. The van der Waals surface area contributed by atoms with Gasteiger partial charge in [-0.3, -0.25) is 4.79 Å². The van der Waals surface area contributed by atoms with E-state index in [-0.39, 0.29) is 11.7 Å². The third-order valence-corrected chi connectivity index (χ3v) is 4.84. The van der Waals surface area contributed by atoms with Crippen LogP contribution in [0.2, 0.25) is 5.02 Å². The first kappa shape index (κ1) is 20.0. The average Bonchev–Trinajstić information content (AvgIpc) is 3.15. The quantitative estimate of drug-likeness (QED) is 0.576. The van der Waals surface area contributed by atoms with Gasteiger partial charge in [0, 0.05) is 24.7 Å². The van der Waals surface area contributed by atoms with Gasteiger partial charge in [-0.15, -0.1) is 10.2 Å². The maximum absolute atomic E-state index is 12.3. The lowest BCUT2D eigenvalue weighted by Gasteiger charge is -2.18. The molecule has 0 radical (unpaired) electrons. The summed E-state index contributed by atoms with van der Waals surface area (Å²) in [6, 6.07) is 12.6. The minimum absolute atomic E-state index is 0.129. The van der Waals surface area contributed by atoms with Crippen LogP contribution in [-0.4, -0.2) is 43.1 Å². The van der Waals surface area contributed by atoms with Crippen LogP contribution in [0.15, 0.2) is 52.1 Å². The average molecular weight is 419 g/mol. The van der Waals surface area contributed by atoms with Gasteiger partial charge in [0.2, 0.25) is 11.8 Å². The molecule has 7 nitrogen and oxygen atoms in total. The Hall–Kier alpha value is -2.71. The third-order valence-electron chi connectivity index (χ3n) is 3.78. The second-order valence-electron chi connectivity index (χ2n) is 5.99. The second kappa shape index (κ2) is 8.99. The Morgan fingerprint density at radius 2 is 1.96 bits per heavy atom. The Balaban J connectivity index is 1.61. The van der Waals surface area contributed by atoms with E-state index < -0.39 is 0 Å².